The lowest BCUT2D eigenvalue weighted by molar-refractivity contribution is 0.0944. The molecular formula is C20H22N4O. The highest BCUT2D eigenvalue weighted by molar-refractivity contribution is 5.94. The summed E-state index contributed by atoms with van der Waals surface area (Å²) in [5.41, 5.74) is 6.12. The van der Waals surface area contributed by atoms with E-state index in [1.807, 2.05) is 48.1 Å². The van der Waals surface area contributed by atoms with Gasteiger partial charge in [0.1, 0.15) is 0 Å². The fourth-order valence-corrected chi connectivity index (χ4v) is 3.50. The first-order chi connectivity index (χ1) is 12.1. The SMILES string of the molecule is Cc1ccc(CNC(=O)c2nn(-c3ccccc3)c3c2CCC3)n1C. The average molecular weight is 334 g/mol. The molecule has 0 fully saturated rings. The molecular weight excluding hydrogens is 312 g/mol. The molecule has 5 heteroatoms. The lowest BCUT2D eigenvalue weighted by atomic mass is 10.2. The van der Waals surface area contributed by atoms with Crippen LogP contribution in [-0.2, 0) is 26.4 Å². The number of fused-ring (bicyclic) bond motifs is 1. The molecule has 2 heterocycles. The monoisotopic (exact) mass is 334 g/mol. The van der Waals surface area contributed by atoms with Crippen LogP contribution in [0, 0.1) is 6.92 Å². The van der Waals surface area contributed by atoms with Gasteiger partial charge in [0, 0.05) is 29.7 Å². The molecule has 0 spiro atoms. The van der Waals surface area contributed by atoms with Crippen molar-refractivity contribution < 1.29 is 4.79 Å². The number of carbonyl (C=O) groups is 1. The summed E-state index contributed by atoms with van der Waals surface area (Å²) < 4.78 is 4.02. The van der Waals surface area contributed by atoms with Gasteiger partial charge in [0.2, 0.25) is 0 Å². The first-order valence-corrected chi connectivity index (χ1v) is 8.70. The Labute approximate surface area is 147 Å². The Bertz CT molecular complexity index is 921. The van der Waals surface area contributed by atoms with E-state index >= 15 is 0 Å². The Balaban J connectivity index is 1.60. The summed E-state index contributed by atoms with van der Waals surface area (Å²) in [7, 11) is 2.01. The summed E-state index contributed by atoms with van der Waals surface area (Å²) in [6.07, 6.45) is 2.98. The van der Waals surface area contributed by atoms with Crippen LogP contribution in [0.25, 0.3) is 5.69 Å². The number of rotatable bonds is 4. The number of aromatic nitrogens is 3. The molecule has 0 aliphatic heterocycles. The zero-order valence-electron chi connectivity index (χ0n) is 14.6. The summed E-state index contributed by atoms with van der Waals surface area (Å²) in [5, 5.41) is 7.67. The van der Waals surface area contributed by atoms with Crippen LogP contribution in [0.3, 0.4) is 0 Å². The highest BCUT2D eigenvalue weighted by atomic mass is 16.2. The number of nitrogens with zero attached hydrogens (tertiary/aromatic N) is 3. The van der Waals surface area contributed by atoms with Crippen LogP contribution < -0.4 is 5.32 Å². The maximum absolute atomic E-state index is 12.7. The smallest absolute Gasteiger partial charge is 0.272 e. The number of aryl methyl sites for hydroxylation is 1. The van der Waals surface area contributed by atoms with Crippen molar-refractivity contribution in [3.8, 4) is 5.69 Å². The van der Waals surface area contributed by atoms with Crippen molar-refractivity contribution in [3.63, 3.8) is 0 Å². The van der Waals surface area contributed by atoms with Crippen LogP contribution in [0.5, 0.6) is 0 Å². The van der Waals surface area contributed by atoms with E-state index in [-0.39, 0.29) is 5.91 Å². The second kappa shape index (κ2) is 6.24. The predicted molar refractivity (Wildman–Crippen MR) is 96.9 cm³/mol. The molecule has 0 unspecified atom stereocenters. The van der Waals surface area contributed by atoms with Gasteiger partial charge in [-0.2, -0.15) is 5.10 Å². The summed E-state index contributed by atoms with van der Waals surface area (Å²) in [6.45, 7) is 2.57. The van der Waals surface area contributed by atoms with Gasteiger partial charge in [-0.1, -0.05) is 18.2 Å². The molecule has 0 radical (unpaired) electrons. The van der Waals surface area contributed by atoms with Crippen molar-refractivity contribution >= 4 is 5.91 Å². The number of amides is 1. The summed E-state index contributed by atoms with van der Waals surface area (Å²) in [5.74, 6) is -0.0910. The number of para-hydroxylation sites is 1. The highest BCUT2D eigenvalue weighted by Crippen LogP contribution is 2.27. The van der Waals surface area contributed by atoms with Crippen LogP contribution in [0.2, 0.25) is 0 Å². The van der Waals surface area contributed by atoms with Gasteiger partial charge in [-0.05, 0) is 50.5 Å². The second-order valence-corrected chi connectivity index (χ2v) is 6.58. The topological polar surface area (TPSA) is 51.9 Å². The third-order valence-electron chi connectivity index (χ3n) is 5.05. The van der Waals surface area contributed by atoms with Gasteiger partial charge in [-0.3, -0.25) is 4.79 Å². The zero-order valence-corrected chi connectivity index (χ0v) is 14.6. The van der Waals surface area contributed by atoms with Gasteiger partial charge < -0.3 is 9.88 Å². The minimum absolute atomic E-state index is 0.0910. The van der Waals surface area contributed by atoms with Crippen LogP contribution >= 0.6 is 0 Å². The lowest BCUT2D eigenvalue weighted by Gasteiger charge is -2.07. The Morgan fingerprint density at radius 1 is 1.16 bits per heavy atom. The molecule has 25 heavy (non-hydrogen) atoms. The Morgan fingerprint density at radius 3 is 2.68 bits per heavy atom. The molecule has 1 N–H and O–H groups in total. The normalized spacial score (nSPS) is 13.0. The number of benzene rings is 1. The number of hydrogen-bond acceptors (Lipinski definition) is 2. The molecule has 1 amide bonds. The van der Waals surface area contributed by atoms with Crippen LogP contribution in [0.1, 0.15) is 39.6 Å². The highest BCUT2D eigenvalue weighted by Gasteiger charge is 2.26. The maximum Gasteiger partial charge on any atom is 0.272 e. The number of hydrogen-bond donors (Lipinski definition) is 1. The van der Waals surface area contributed by atoms with Gasteiger partial charge in [-0.15, -0.1) is 0 Å². The van der Waals surface area contributed by atoms with Crippen molar-refractivity contribution in [1.29, 1.82) is 0 Å². The van der Waals surface area contributed by atoms with E-state index in [4.69, 9.17) is 0 Å². The summed E-state index contributed by atoms with van der Waals surface area (Å²) in [6, 6.07) is 14.1. The molecule has 0 saturated carbocycles. The number of nitrogens with one attached hydrogen (secondary N) is 1. The van der Waals surface area contributed by atoms with Crippen molar-refractivity contribution in [2.45, 2.75) is 32.7 Å². The van der Waals surface area contributed by atoms with Crippen molar-refractivity contribution in [2.24, 2.45) is 7.05 Å². The molecule has 2 aromatic heterocycles. The third-order valence-corrected chi connectivity index (χ3v) is 5.05. The molecule has 128 valence electrons. The first kappa shape index (κ1) is 15.7. The minimum atomic E-state index is -0.0910. The largest absolute Gasteiger partial charge is 0.350 e. The van der Waals surface area contributed by atoms with Crippen molar-refractivity contribution in [1.82, 2.24) is 19.7 Å². The summed E-state index contributed by atoms with van der Waals surface area (Å²) >= 11 is 0. The molecule has 0 saturated heterocycles. The van der Waals surface area contributed by atoms with Crippen LogP contribution in [0.4, 0.5) is 0 Å². The second-order valence-electron chi connectivity index (χ2n) is 6.58. The molecule has 0 atom stereocenters. The van der Waals surface area contributed by atoms with Crippen LogP contribution in [0.15, 0.2) is 42.5 Å². The molecule has 1 aliphatic carbocycles. The van der Waals surface area contributed by atoms with E-state index < -0.39 is 0 Å². The van der Waals surface area contributed by atoms with Gasteiger partial charge in [0.15, 0.2) is 5.69 Å². The third kappa shape index (κ3) is 2.76. The molecule has 4 rings (SSSR count). The van der Waals surface area contributed by atoms with E-state index in [0.29, 0.717) is 12.2 Å². The fraction of sp³-hybridized carbons (Fsp3) is 0.300. The Morgan fingerprint density at radius 2 is 1.96 bits per heavy atom. The van der Waals surface area contributed by atoms with Gasteiger partial charge in [0.25, 0.3) is 5.91 Å². The van der Waals surface area contributed by atoms with E-state index in [1.165, 1.54) is 11.4 Å². The van der Waals surface area contributed by atoms with E-state index in [1.54, 1.807) is 0 Å². The van der Waals surface area contributed by atoms with Crippen molar-refractivity contribution in [3.05, 3.63) is 70.8 Å². The molecule has 1 aromatic carbocycles. The predicted octanol–water partition coefficient (Wildman–Crippen LogP) is 2.94. The standard InChI is InChI=1S/C20H22N4O/c1-14-11-12-16(23(14)2)13-21-20(25)19-17-9-6-10-18(17)24(22-19)15-7-4-3-5-8-15/h3-5,7-8,11-12H,6,9-10,13H2,1-2H3,(H,21,25). The van der Waals surface area contributed by atoms with Crippen molar-refractivity contribution in [2.75, 3.05) is 0 Å². The Kier molecular flexibility index (Phi) is 3.92. The maximum atomic E-state index is 12.7. The first-order valence-electron chi connectivity index (χ1n) is 8.70. The number of carbonyl (C=O) groups excluding carboxylic acids is 1. The van der Waals surface area contributed by atoms with E-state index in [0.717, 1.165) is 36.2 Å². The Hall–Kier alpha value is -2.82. The lowest BCUT2D eigenvalue weighted by Crippen LogP contribution is -2.25. The molecule has 3 aromatic rings. The fourth-order valence-electron chi connectivity index (χ4n) is 3.50. The molecule has 5 nitrogen and oxygen atoms in total. The van der Waals surface area contributed by atoms with Gasteiger partial charge >= 0.3 is 0 Å². The van der Waals surface area contributed by atoms with E-state index in [9.17, 15) is 4.79 Å². The zero-order chi connectivity index (χ0) is 17.4. The molecule has 1 aliphatic rings. The van der Waals surface area contributed by atoms with Gasteiger partial charge in [-0.25, -0.2) is 4.68 Å². The minimum Gasteiger partial charge on any atom is -0.350 e. The molecule has 0 bridgehead atoms. The average Bonchev–Trinajstić information content (AvgIpc) is 3.31. The summed E-state index contributed by atoms with van der Waals surface area (Å²) in [4.78, 5) is 12.7. The quantitative estimate of drug-likeness (QED) is 0.797. The van der Waals surface area contributed by atoms with E-state index in [2.05, 4.69) is 28.0 Å². The van der Waals surface area contributed by atoms with Gasteiger partial charge in [0.05, 0.1) is 12.2 Å². The van der Waals surface area contributed by atoms with Crippen LogP contribution in [-0.4, -0.2) is 20.3 Å².